The molecule has 140 valence electrons. The Bertz CT molecular complexity index is 618. The van der Waals surface area contributed by atoms with Crippen molar-refractivity contribution in [2.24, 2.45) is 0 Å². The quantitative estimate of drug-likeness (QED) is 0.799. The molecule has 1 saturated heterocycles. The summed E-state index contributed by atoms with van der Waals surface area (Å²) in [7, 11) is 0. The van der Waals surface area contributed by atoms with Crippen molar-refractivity contribution < 1.29 is 22.8 Å². The topological polar surface area (TPSA) is 61.4 Å². The van der Waals surface area contributed by atoms with Crippen molar-refractivity contribution in [2.75, 3.05) is 13.1 Å². The molecule has 2 heterocycles. The first-order valence-corrected chi connectivity index (χ1v) is 8.98. The average Bonchev–Trinajstić information content (AvgIpc) is 3.04. The number of rotatable bonds is 6. The van der Waals surface area contributed by atoms with E-state index in [1.54, 1.807) is 11.3 Å². The van der Waals surface area contributed by atoms with Crippen LogP contribution in [-0.2, 0) is 16.1 Å². The molecule has 2 N–H and O–H groups in total. The molecular formula is C16H22F3N3O2S. The number of aryl methyl sites for hydroxylation is 1. The number of hydrogen-bond acceptors (Lipinski definition) is 4. The lowest BCUT2D eigenvalue weighted by Crippen LogP contribution is -2.42. The van der Waals surface area contributed by atoms with Crippen LogP contribution in [0.5, 0.6) is 0 Å². The first-order chi connectivity index (χ1) is 11.7. The van der Waals surface area contributed by atoms with Crippen LogP contribution >= 0.6 is 11.3 Å². The Morgan fingerprint density at radius 2 is 2.12 bits per heavy atom. The highest BCUT2D eigenvalue weighted by atomic mass is 32.1. The van der Waals surface area contributed by atoms with Gasteiger partial charge >= 0.3 is 6.18 Å². The minimum absolute atomic E-state index is 0.163. The third-order valence-electron chi connectivity index (χ3n) is 4.10. The number of likely N-dealkylation sites (N-methyl/N-ethyl adjacent to an activating group) is 1. The van der Waals surface area contributed by atoms with E-state index in [0.717, 1.165) is 10.4 Å². The summed E-state index contributed by atoms with van der Waals surface area (Å²) in [4.78, 5) is 26.9. The van der Waals surface area contributed by atoms with Gasteiger partial charge in [-0.1, -0.05) is 0 Å². The van der Waals surface area contributed by atoms with Crippen LogP contribution in [0.25, 0.3) is 0 Å². The Morgan fingerprint density at radius 3 is 2.68 bits per heavy atom. The first kappa shape index (κ1) is 19.7. The summed E-state index contributed by atoms with van der Waals surface area (Å²) in [6, 6.07) is 1.06. The third-order valence-corrected chi connectivity index (χ3v) is 5.11. The zero-order chi connectivity index (χ0) is 18.6. The van der Waals surface area contributed by atoms with Crippen molar-refractivity contribution in [3.8, 4) is 0 Å². The van der Waals surface area contributed by atoms with E-state index in [4.69, 9.17) is 0 Å². The molecule has 0 radical (unpaired) electrons. The SMILES string of the molecule is CCNC(=O)[C@@H]1C[C@H](NC(=O)CC(F)(F)F)CN1Cc1sccc1C. The van der Waals surface area contributed by atoms with E-state index in [-0.39, 0.29) is 5.91 Å². The largest absolute Gasteiger partial charge is 0.397 e. The Labute approximate surface area is 148 Å². The number of amides is 2. The van der Waals surface area contributed by atoms with Crippen molar-refractivity contribution >= 4 is 23.2 Å². The predicted octanol–water partition coefficient (Wildman–Crippen LogP) is 2.20. The fourth-order valence-electron chi connectivity index (χ4n) is 2.96. The smallest absolute Gasteiger partial charge is 0.355 e. The van der Waals surface area contributed by atoms with E-state index in [9.17, 15) is 22.8 Å². The van der Waals surface area contributed by atoms with Gasteiger partial charge in [0, 0.05) is 30.6 Å². The summed E-state index contributed by atoms with van der Waals surface area (Å²) in [6.45, 7) is 5.15. The highest BCUT2D eigenvalue weighted by Crippen LogP contribution is 2.26. The van der Waals surface area contributed by atoms with Crippen LogP contribution in [-0.4, -0.2) is 48.1 Å². The van der Waals surface area contributed by atoms with E-state index in [1.807, 2.05) is 30.2 Å². The summed E-state index contributed by atoms with van der Waals surface area (Å²) in [5.41, 5.74) is 1.12. The lowest BCUT2D eigenvalue weighted by molar-refractivity contribution is -0.154. The molecular weight excluding hydrogens is 355 g/mol. The minimum Gasteiger partial charge on any atom is -0.355 e. The number of alkyl halides is 3. The van der Waals surface area contributed by atoms with Crippen LogP contribution in [0.15, 0.2) is 11.4 Å². The maximum atomic E-state index is 12.3. The summed E-state index contributed by atoms with van der Waals surface area (Å²) < 4.78 is 37.0. The van der Waals surface area contributed by atoms with Gasteiger partial charge < -0.3 is 10.6 Å². The van der Waals surface area contributed by atoms with Gasteiger partial charge in [-0.2, -0.15) is 13.2 Å². The summed E-state index contributed by atoms with van der Waals surface area (Å²) in [6.07, 6.45) is -5.73. The highest BCUT2D eigenvalue weighted by Gasteiger charge is 2.39. The summed E-state index contributed by atoms with van der Waals surface area (Å²) in [5, 5.41) is 7.13. The Morgan fingerprint density at radius 1 is 1.40 bits per heavy atom. The van der Waals surface area contributed by atoms with Crippen LogP contribution < -0.4 is 10.6 Å². The molecule has 0 saturated carbocycles. The van der Waals surface area contributed by atoms with E-state index >= 15 is 0 Å². The zero-order valence-corrected chi connectivity index (χ0v) is 15.0. The van der Waals surface area contributed by atoms with Gasteiger partial charge in [-0.15, -0.1) is 11.3 Å². The molecule has 1 aromatic heterocycles. The van der Waals surface area contributed by atoms with Crippen LogP contribution in [0.1, 0.15) is 30.2 Å². The summed E-state index contributed by atoms with van der Waals surface area (Å²) in [5.74, 6) is -1.22. The number of hydrogen-bond donors (Lipinski definition) is 2. The van der Waals surface area contributed by atoms with Crippen molar-refractivity contribution in [3.05, 3.63) is 21.9 Å². The predicted molar refractivity (Wildman–Crippen MR) is 89.2 cm³/mol. The van der Waals surface area contributed by atoms with Crippen LogP contribution in [0, 0.1) is 6.92 Å². The van der Waals surface area contributed by atoms with Gasteiger partial charge in [0.25, 0.3) is 0 Å². The number of nitrogens with zero attached hydrogens (tertiary/aromatic N) is 1. The van der Waals surface area contributed by atoms with Gasteiger partial charge in [-0.25, -0.2) is 0 Å². The molecule has 0 spiro atoms. The highest BCUT2D eigenvalue weighted by molar-refractivity contribution is 7.10. The Hall–Kier alpha value is -1.61. The van der Waals surface area contributed by atoms with Crippen molar-refractivity contribution in [1.82, 2.24) is 15.5 Å². The molecule has 9 heteroatoms. The Balaban J connectivity index is 2.04. The van der Waals surface area contributed by atoms with Gasteiger partial charge in [0.15, 0.2) is 0 Å². The second kappa shape index (κ2) is 8.18. The molecule has 0 aliphatic carbocycles. The van der Waals surface area contributed by atoms with E-state index in [2.05, 4.69) is 10.6 Å². The van der Waals surface area contributed by atoms with Crippen molar-refractivity contribution in [2.45, 2.75) is 51.5 Å². The molecule has 2 rings (SSSR count). The third kappa shape index (κ3) is 5.71. The molecule has 1 aliphatic heterocycles. The van der Waals surface area contributed by atoms with E-state index in [1.165, 1.54) is 0 Å². The van der Waals surface area contributed by atoms with Gasteiger partial charge in [0.1, 0.15) is 6.42 Å². The zero-order valence-electron chi connectivity index (χ0n) is 14.2. The molecule has 0 bridgehead atoms. The standard InChI is InChI=1S/C16H22F3N3O2S/c1-3-20-15(24)12-6-11(21-14(23)7-16(17,18)19)8-22(12)9-13-10(2)4-5-25-13/h4-5,11-12H,3,6-9H2,1-2H3,(H,20,24)(H,21,23)/t11-,12-/m0/s1. The van der Waals surface area contributed by atoms with Crippen LogP contribution in [0.3, 0.4) is 0 Å². The molecule has 5 nitrogen and oxygen atoms in total. The van der Waals surface area contributed by atoms with Gasteiger partial charge in [0.05, 0.1) is 6.04 Å². The van der Waals surface area contributed by atoms with Gasteiger partial charge in [-0.05, 0) is 37.3 Å². The van der Waals surface area contributed by atoms with Crippen LogP contribution in [0.4, 0.5) is 13.2 Å². The number of likely N-dealkylation sites (tertiary alicyclic amines) is 1. The first-order valence-electron chi connectivity index (χ1n) is 8.10. The lowest BCUT2D eigenvalue weighted by atomic mass is 10.1. The second-order valence-corrected chi connectivity index (χ2v) is 7.16. The normalized spacial score (nSPS) is 21.3. The maximum absolute atomic E-state index is 12.3. The lowest BCUT2D eigenvalue weighted by Gasteiger charge is -2.23. The molecule has 1 aliphatic rings. The molecule has 1 fully saturated rings. The van der Waals surface area contributed by atoms with E-state index in [0.29, 0.717) is 26.1 Å². The number of carbonyl (C=O) groups is 2. The number of nitrogens with one attached hydrogen (secondary N) is 2. The van der Waals surface area contributed by atoms with E-state index < -0.39 is 30.6 Å². The fourth-order valence-corrected chi connectivity index (χ4v) is 3.89. The van der Waals surface area contributed by atoms with Gasteiger partial charge in [0.2, 0.25) is 11.8 Å². The average molecular weight is 377 g/mol. The molecule has 25 heavy (non-hydrogen) atoms. The minimum atomic E-state index is -4.53. The second-order valence-electron chi connectivity index (χ2n) is 6.16. The van der Waals surface area contributed by atoms with Crippen molar-refractivity contribution in [3.63, 3.8) is 0 Å². The van der Waals surface area contributed by atoms with Crippen LogP contribution in [0.2, 0.25) is 0 Å². The fraction of sp³-hybridized carbons (Fsp3) is 0.625. The maximum Gasteiger partial charge on any atom is 0.397 e. The number of carbonyl (C=O) groups excluding carboxylic acids is 2. The van der Waals surface area contributed by atoms with Crippen molar-refractivity contribution in [1.29, 1.82) is 0 Å². The Kier molecular flexibility index (Phi) is 6.45. The number of halogens is 3. The number of thiophene rings is 1. The molecule has 1 aromatic rings. The summed E-state index contributed by atoms with van der Waals surface area (Å²) >= 11 is 1.58. The molecule has 2 atom stereocenters. The van der Waals surface area contributed by atoms with Gasteiger partial charge in [-0.3, -0.25) is 14.5 Å². The molecule has 0 aromatic carbocycles. The molecule has 0 unspecified atom stereocenters. The monoisotopic (exact) mass is 377 g/mol. The molecule has 2 amide bonds.